The van der Waals surface area contributed by atoms with Crippen LogP contribution in [-0.4, -0.2) is 29.8 Å². The number of phenols is 1. The molecule has 1 aliphatic rings. The van der Waals surface area contributed by atoms with Crippen LogP contribution in [0, 0.1) is 13.8 Å². The van der Waals surface area contributed by atoms with E-state index in [-0.39, 0.29) is 11.7 Å². The van der Waals surface area contributed by atoms with Crippen LogP contribution < -0.4 is 9.91 Å². The van der Waals surface area contributed by atoms with Gasteiger partial charge in [0.25, 0.3) is 5.91 Å². The third-order valence-corrected chi connectivity index (χ3v) is 5.24. The second-order valence-corrected chi connectivity index (χ2v) is 7.04. The molecule has 0 aromatic heterocycles. The molecule has 5 nitrogen and oxygen atoms in total. The molecule has 0 atom stereocenters. The maximum atomic E-state index is 12.9. The third-order valence-electron chi connectivity index (χ3n) is 5.24. The van der Waals surface area contributed by atoms with Crippen LogP contribution in [0.3, 0.4) is 0 Å². The molecule has 1 N–H and O–H groups in total. The van der Waals surface area contributed by atoms with Gasteiger partial charge in [0.15, 0.2) is 0 Å². The van der Waals surface area contributed by atoms with Crippen molar-refractivity contribution in [3.05, 3.63) is 58.7 Å². The van der Waals surface area contributed by atoms with Crippen LogP contribution >= 0.6 is 0 Å². The zero-order valence-corrected chi connectivity index (χ0v) is 17.2. The van der Waals surface area contributed by atoms with Crippen LogP contribution in [0.5, 0.6) is 5.75 Å². The molecule has 0 unspecified atom stereocenters. The maximum Gasteiger partial charge on any atom is 0.280 e. The van der Waals surface area contributed by atoms with E-state index in [0.717, 1.165) is 30.0 Å². The van der Waals surface area contributed by atoms with Gasteiger partial charge in [-0.1, -0.05) is 6.07 Å². The highest BCUT2D eigenvalue weighted by Crippen LogP contribution is 2.30. The van der Waals surface area contributed by atoms with E-state index in [0.29, 0.717) is 16.8 Å². The third kappa shape index (κ3) is 3.65. The molecule has 0 spiro atoms. The molecule has 0 bridgehead atoms. The summed E-state index contributed by atoms with van der Waals surface area (Å²) in [7, 11) is 0. The number of carbonyl (C=O) groups excluding carboxylic acids is 1. The predicted octanol–water partition coefficient (Wildman–Crippen LogP) is 4.66. The van der Waals surface area contributed by atoms with Crippen molar-refractivity contribution in [3.63, 3.8) is 0 Å². The van der Waals surface area contributed by atoms with E-state index < -0.39 is 0 Å². The molecular weight excluding hydrogens is 350 g/mol. The van der Waals surface area contributed by atoms with E-state index >= 15 is 0 Å². The lowest BCUT2D eigenvalue weighted by Gasteiger charge is -2.21. The van der Waals surface area contributed by atoms with Gasteiger partial charge in [-0.05, 0) is 76.1 Å². The van der Waals surface area contributed by atoms with Gasteiger partial charge in [-0.2, -0.15) is 10.1 Å². The number of amides is 1. The summed E-state index contributed by atoms with van der Waals surface area (Å²) in [5, 5.41) is 16.3. The Hall–Kier alpha value is -3.08. The lowest BCUT2D eigenvalue weighted by molar-refractivity contribution is -0.114. The Morgan fingerprint density at radius 3 is 2.36 bits per heavy atom. The maximum absolute atomic E-state index is 12.9. The molecule has 3 rings (SSSR count). The van der Waals surface area contributed by atoms with Gasteiger partial charge in [0.2, 0.25) is 0 Å². The number of hydrogen-bond acceptors (Lipinski definition) is 4. The van der Waals surface area contributed by atoms with Crippen LogP contribution in [0.4, 0.5) is 11.4 Å². The average molecular weight is 377 g/mol. The number of carbonyl (C=O) groups is 1. The van der Waals surface area contributed by atoms with Crippen molar-refractivity contribution >= 4 is 29.1 Å². The monoisotopic (exact) mass is 377 g/mol. The highest BCUT2D eigenvalue weighted by Gasteiger charge is 2.29. The summed E-state index contributed by atoms with van der Waals surface area (Å²) >= 11 is 0. The van der Waals surface area contributed by atoms with E-state index in [9.17, 15) is 9.90 Å². The number of benzene rings is 2. The first-order valence-corrected chi connectivity index (χ1v) is 9.62. The molecule has 0 fully saturated rings. The molecule has 1 amide bonds. The molecule has 28 heavy (non-hydrogen) atoms. The Morgan fingerprint density at radius 2 is 1.75 bits per heavy atom. The smallest absolute Gasteiger partial charge is 0.280 e. The molecular formula is C23H27N3O2. The van der Waals surface area contributed by atoms with Crippen molar-refractivity contribution in [3.8, 4) is 5.75 Å². The Bertz CT molecular complexity index is 972. The summed E-state index contributed by atoms with van der Waals surface area (Å²) in [6.07, 6.45) is 1.71. The molecule has 2 aromatic rings. The molecule has 1 heterocycles. The van der Waals surface area contributed by atoms with Crippen LogP contribution in [0.1, 0.15) is 37.5 Å². The summed E-state index contributed by atoms with van der Waals surface area (Å²) in [6.45, 7) is 11.8. The molecule has 146 valence electrons. The Balaban J connectivity index is 1.92. The SMILES string of the molecule is CCN(CC)c1ccc(/C=C2/C(=O)N(c3ccc(C)c(C)c3)N=C2C)c(O)c1. The first-order chi connectivity index (χ1) is 13.3. The van der Waals surface area contributed by atoms with Crippen molar-refractivity contribution in [1.82, 2.24) is 0 Å². The number of anilines is 2. The molecule has 0 saturated carbocycles. The van der Waals surface area contributed by atoms with Crippen LogP contribution in [-0.2, 0) is 4.79 Å². The van der Waals surface area contributed by atoms with E-state index in [1.54, 1.807) is 12.1 Å². The number of rotatable bonds is 5. The Kier molecular flexibility index (Phi) is 5.54. The van der Waals surface area contributed by atoms with Crippen LogP contribution in [0.15, 0.2) is 47.1 Å². The summed E-state index contributed by atoms with van der Waals surface area (Å²) in [5.74, 6) is -0.0323. The van der Waals surface area contributed by atoms with Gasteiger partial charge >= 0.3 is 0 Å². The Morgan fingerprint density at radius 1 is 1.04 bits per heavy atom. The van der Waals surface area contributed by atoms with E-state index in [4.69, 9.17) is 0 Å². The summed E-state index contributed by atoms with van der Waals surface area (Å²) in [5.41, 5.74) is 5.72. The zero-order chi connectivity index (χ0) is 20.4. The number of hydrogen-bond donors (Lipinski definition) is 1. The summed E-state index contributed by atoms with van der Waals surface area (Å²) in [4.78, 5) is 15.1. The van der Waals surface area contributed by atoms with Gasteiger partial charge in [-0.25, -0.2) is 0 Å². The number of hydrazone groups is 1. The van der Waals surface area contributed by atoms with Crippen molar-refractivity contribution in [1.29, 1.82) is 0 Å². The van der Waals surface area contributed by atoms with Crippen molar-refractivity contribution in [2.75, 3.05) is 23.0 Å². The first-order valence-electron chi connectivity index (χ1n) is 9.62. The highest BCUT2D eigenvalue weighted by molar-refractivity contribution is 6.32. The number of aromatic hydroxyl groups is 1. The predicted molar refractivity (Wildman–Crippen MR) is 116 cm³/mol. The average Bonchev–Trinajstić information content (AvgIpc) is 2.95. The molecule has 5 heteroatoms. The largest absolute Gasteiger partial charge is 0.507 e. The normalized spacial score (nSPS) is 15.3. The molecule has 1 aliphatic heterocycles. The van der Waals surface area contributed by atoms with Gasteiger partial charge in [0.05, 0.1) is 17.0 Å². The van der Waals surface area contributed by atoms with E-state index in [2.05, 4.69) is 23.8 Å². The summed E-state index contributed by atoms with van der Waals surface area (Å²) < 4.78 is 0. The Labute approximate surface area is 166 Å². The zero-order valence-electron chi connectivity index (χ0n) is 17.2. The van der Waals surface area contributed by atoms with Crippen molar-refractivity contribution < 1.29 is 9.90 Å². The minimum absolute atomic E-state index is 0.155. The van der Waals surface area contributed by atoms with Gasteiger partial charge < -0.3 is 10.0 Å². The second kappa shape index (κ2) is 7.89. The van der Waals surface area contributed by atoms with Gasteiger partial charge in [-0.15, -0.1) is 0 Å². The highest BCUT2D eigenvalue weighted by atomic mass is 16.3. The van der Waals surface area contributed by atoms with Gasteiger partial charge in [0.1, 0.15) is 5.75 Å². The number of nitrogens with zero attached hydrogens (tertiary/aromatic N) is 3. The fourth-order valence-corrected chi connectivity index (χ4v) is 3.31. The minimum atomic E-state index is -0.187. The quantitative estimate of drug-likeness (QED) is 0.771. The lowest BCUT2D eigenvalue weighted by atomic mass is 10.1. The van der Waals surface area contributed by atoms with Crippen molar-refractivity contribution in [2.45, 2.75) is 34.6 Å². The standard InChI is InChI=1S/C23H27N3O2/c1-6-25(7-2)19-11-9-18(22(27)14-19)13-21-17(5)24-26(23(21)28)20-10-8-15(3)16(4)12-20/h8-14,27H,6-7H2,1-5H3/b21-13+. The fourth-order valence-electron chi connectivity index (χ4n) is 3.31. The lowest BCUT2D eigenvalue weighted by Crippen LogP contribution is -2.21. The summed E-state index contributed by atoms with van der Waals surface area (Å²) in [6, 6.07) is 11.4. The van der Waals surface area contributed by atoms with Gasteiger partial charge in [-0.3, -0.25) is 4.79 Å². The molecule has 0 aliphatic carbocycles. The fraction of sp³-hybridized carbons (Fsp3) is 0.304. The first kappa shape index (κ1) is 19.7. The minimum Gasteiger partial charge on any atom is -0.507 e. The van der Waals surface area contributed by atoms with Crippen molar-refractivity contribution in [2.24, 2.45) is 5.10 Å². The number of phenolic OH excluding ortho intramolecular Hbond substituents is 1. The molecule has 0 radical (unpaired) electrons. The second-order valence-electron chi connectivity index (χ2n) is 7.04. The van der Waals surface area contributed by atoms with E-state index in [1.165, 1.54) is 10.6 Å². The van der Waals surface area contributed by atoms with Crippen LogP contribution in [0.2, 0.25) is 0 Å². The molecule has 0 saturated heterocycles. The van der Waals surface area contributed by atoms with Gasteiger partial charge in [0, 0.05) is 30.4 Å². The van der Waals surface area contributed by atoms with E-state index in [1.807, 2.05) is 51.1 Å². The molecule has 2 aromatic carbocycles. The number of aryl methyl sites for hydroxylation is 2. The topological polar surface area (TPSA) is 56.1 Å². The van der Waals surface area contributed by atoms with Crippen LogP contribution in [0.25, 0.3) is 6.08 Å².